The number of nitrogens with two attached hydrogens (primary N) is 1. The second-order valence-electron chi connectivity index (χ2n) is 6.36. The molecule has 0 bridgehead atoms. The molecule has 29 heavy (non-hydrogen) atoms. The van der Waals surface area contributed by atoms with Crippen LogP contribution in [0.4, 0.5) is 31.1 Å². The Bertz CT molecular complexity index is 805. The predicted molar refractivity (Wildman–Crippen MR) is 92.6 cm³/mol. The van der Waals surface area contributed by atoms with Gasteiger partial charge in [-0.25, -0.2) is 4.79 Å². The molecule has 2 aromatic rings. The van der Waals surface area contributed by atoms with E-state index in [0.717, 1.165) is 0 Å². The average Bonchev–Trinajstić information content (AvgIpc) is 2.64. The third kappa shape index (κ3) is 6.38. The number of amides is 1. The van der Waals surface area contributed by atoms with Crippen molar-refractivity contribution in [3.05, 3.63) is 70.8 Å². The van der Waals surface area contributed by atoms with E-state index in [4.69, 9.17) is 10.5 Å². The quantitative estimate of drug-likeness (QED) is 0.667. The molecule has 2 unspecified atom stereocenters. The van der Waals surface area contributed by atoms with E-state index in [0.29, 0.717) is 17.7 Å². The molecule has 0 saturated heterocycles. The lowest BCUT2D eigenvalue weighted by Crippen LogP contribution is -2.40. The fourth-order valence-corrected chi connectivity index (χ4v) is 2.50. The van der Waals surface area contributed by atoms with Crippen molar-refractivity contribution < 1.29 is 35.9 Å². The van der Waals surface area contributed by atoms with Gasteiger partial charge in [0.1, 0.15) is 6.61 Å². The van der Waals surface area contributed by atoms with Crippen LogP contribution >= 0.6 is 0 Å². The van der Waals surface area contributed by atoms with Crippen molar-refractivity contribution in [3.63, 3.8) is 0 Å². The van der Waals surface area contributed by atoms with Gasteiger partial charge < -0.3 is 15.8 Å². The van der Waals surface area contributed by atoms with Gasteiger partial charge in [0.15, 0.2) is 0 Å². The first-order chi connectivity index (χ1) is 13.4. The highest BCUT2D eigenvalue weighted by Gasteiger charge is 2.37. The number of benzene rings is 2. The van der Waals surface area contributed by atoms with Gasteiger partial charge in [0, 0.05) is 12.1 Å². The average molecular weight is 420 g/mol. The minimum absolute atomic E-state index is 0.0163. The topological polar surface area (TPSA) is 64.3 Å². The first-order valence-corrected chi connectivity index (χ1v) is 8.40. The molecule has 0 spiro atoms. The SMILES string of the molecule is CC(NC(=O)OCc1ccccc1)C(N)c1cc(C(F)(F)F)cc(C(F)(F)F)c1. The molecule has 3 N–H and O–H groups in total. The molecular formula is C19H18F6N2O2. The molecule has 0 aliphatic heterocycles. The van der Waals surface area contributed by atoms with Gasteiger partial charge in [0.25, 0.3) is 0 Å². The number of halogens is 6. The number of hydrogen-bond acceptors (Lipinski definition) is 3. The van der Waals surface area contributed by atoms with Crippen molar-refractivity contribution >= 4 is 6.09 Å². The highest BCUT2D eigenvalue weighted by molar-refractivity contribution is 5.67. The van der Waals surface area contributed by atoms with Crippen LogP contribution in [0, 0.1) is 0 Å². The number of carbonyl (C=O) groups is 1. The Morgan fingerprint density at radius 2 is 1.52 bits per heavy atom. The first kappa shape index (κ1) is 22.5. The molecule has 0 aromatic heterocycles. The molecule has 10 heteroatoms. The Morgan fingerprint density at radius 3 is 2.00 bits per heavy atom. The largest absolute Gasteiger partial charge is 0.445 e. The lowest BCUT2D eigenvalue weighted by atomic mass is 9.96. The van der Waals surface area contributed by atoms with Crippen LogP contribution in [0.1, 0.15) is 35.2 Å². The van der Waals surface area contributed by atoms with Crippen molar-refractivity contribution in [2.24, 2.45) is 5.73 Å². The summed E-state index contributed by atoms with van der Waals surface area (Å²) < 4.78 is 82.8. The number of alkyl halides is 6. The summed E-state index contributed by atoms with van der Waals surface area (Å²) in [6.07, 6.45) is -10.9. The minimum atomic E-state index is -4.99. The number of nitrogens with one attached hydrogen (secondary N) is 1. The van der Waals surface area contributed by atoms with Crippen molar-refractivity contribution in [2.75, 3.05) is 0 Å². The lowest BCUT2D eigenvalue weighted by Gasteiger charge is -2.23. The van der Waals surface area contributed by atoms with Gasteiger partial charge in [-0.15, -0.1) is 0 Å². The summed E-state index contributed by atoms with van der Waals surface area (Å²) in [6.45, 7) is 1.29. The van der Waals surface area contributed by atoms with Crippen molar-refractivity contribution in [1.82, 2.24) is 5.32 Å². The van der Waals surface area contributed by atoms with Crippen LogP contribution in [0.3, 0.4) is 0 Å². The Balaban J connectivity index is 2.13. The van der Waals surface area contributed by atoms with Crippen LogP contribution in [0.25, 0.3) is 0 Å². The third-order valence-electron chi connectivity index (χ3n) is 4.09. The van der Waals surface area contributed by atoms with Gasteiger partial charge in [-0.05, 0) is 36.2 Å². The van der Waals surface area contributed by atoms with Gasteiger partial charge in [-0.2, -0.15) is 26.3 Å². The van der Waals surface area contributed by atoms with Gasteiger partial charge in [0.2, 0.25) is 0 Å². The molecule has 0 fully saturated rings. The molecular weight excluding hydrogens is 402 g/mol. The van der Waals surface area contributed by atoms with E-state index in [1.807, 2.05) is 0 Å². The molecule has 2 atom stereocenters. The van der Waals surface area contributed by atoms with Crippen LogP contribution in [0.15, 0.2) is 48.5 Å². The number of hydrogen-bond donors (Lipinski definition) is 2. The molecule has 0 aliphatic carbocycles. The fraction of sp³-hybridized carbons (Fsp3) is 0.316. The van der Waals surface area contributed by atoms with Crippen LogP contribution in [0.5, 0.6) is 0 Å². The number of alkyl carbamates (subject to hydrolysis) is 1. The molecule has 0 aliphatic rings. The van der Waals surface area contributed by atoms with Crippen molar-refractivity contribution in [2.45, 2.75) is 38.0 Å². The summed E-state index contributed by atoms with van der Waals surface area (Å²) in [6, 6.07) is 7.43. The molecule has 1 amide bonds. The van der Waals surface area contributed by atoms with E-state index in [1.165, 1.54) is 6.92 Å². The van der Waals surface area contributed by atoms with Crippen LogP contribution in [0.2, 0.25) is 0 Å². The van der Waals surface area contributed by atoms with Gasteiger partial charge in [-0.1, -0.05) is 30.3 Å². The van der Waals surface area contributed by atoms with Gasteiger partial charge in [0.05, 0.1) is 11.1 Å². The molecule has 2 rings (SSSR count). The predicted octanol–water partition coefficient (Wildman–Crippen LogP) is 5.04. The van der Waals surface area contributed by atoms with Crippen LogP contribution < -0.4 is 11.1 Å². The van der Waals surface area contributed by atoms with E-state index in [-0.39, 0.29) is 12.7 Å². The zero-order chi connectivity index (χ0) is 21.8. The smallest absolute Gasteiger partial charge is 0.416 e. The number of carbonyl (C=O) groups excluding carboxylic acids is 1. The summed E-state index contributed by atoms with van der Waals surface area (Å²) in [5, 5.41) is 2.32. The summed E-state index contributed by atoms with van der Waals surface area (Å²) in [4.78, 5) is 11.9. The summed E-state index contributed by atoms with van der Waals surface area (Å²) in [5.41, 5.74) is 3.15. The molecule has 158 valence electrons. The number of rotatable bonds is 5. The first-order valence-electron chi connectivity index (χ1n) is 8.40. The second kappa shape index (κ2) is 8.73. The summed E-state index contributed by atoms with van der Waals surface area (Å²) in [7, 11) is 0. The van der Waals surface area contributed by atoms with E-state index >= 15 is 0 Å². The Morgan fingerprint density at radius 1 is 1.00 bits per heavy atom. The highest BCUT2D eigenvalue weighted by atomic mass is 19.4. The normalized spacial score (nSPS) is 14.2. The standard InChI is InChI=1S/C19H18F6N2O2/c1-11(27-17(28)29-10-12-5-3-2-4-6-12)16(26)13-7-14(18(20,21)22)9-15(8-13)19(23,24)25/h2-9,11,16H,10,26H2,1H3,(H,27,28). The second-order valence-corrected chi connectivity index (χ2v) is 6.36. The Kier molecular flexibility index (Phi) is 6.78. The zero-order valence-electron chi connectivity index (χ0n) is 15.1. The molecule has 0 heterocycles. The zero-order valence-corrected chi connectivity index (χ0v) is 15.1. The van der Waals surface area contributed by atoms with Gasteiger partial charge >= 0.3 is 18.4 Å². The van der Waals surface area contributed by atoms with Crippen LogP contribution in [-0.2, 0) is 23.7 Å². The monoisotopic (exact) mass is 420 g/mol. The third-order valence-corrected chi connectivity index (χ3v) is 4.09. The molecule has 2 aromatic carbocycles. The van der Waals surface area contributed by atoms with Gasteiger partial charge in [-0.3, -0.25) is 0 Å². The Hall–Kier alpha value is -2.75. The maximum absolute atomic E-state index is 13.0. The van der Waals surface area contributed by atoms with Crippen LogP contribution in [-0.4, -0.2) is 12.1 Å². The summed E-state index contributed by atoms with van der Waals surface area (Å²) >= 11 is 0. The fourth-order valence-electron chi connectivity index (χ4n) is 2.50. The lowest BCUT2D eigenvalue weighted by molar-refractivity contribution is -0.143. The molecule has 0 saturated carbocycles. The van der Waals surface area contributed by atoms with E-state index in [9.17, 15) is 31.1 Å². The number of ether oxygens (including phenoxy) is 1. The molecule has 0 radical (unpaired) electrons. The van der Waals surface area contributed by atoms with Crippen molar-refractivity contribution in [1.29, 1.82) is 0 Å². The van der Waals surface area contributed by atoms with E-state index < -0.39 is 47.2 Å². The maximum atomic E-state index is 13.0. The highest BCUT2D eigenvalue weighted by Crippen LogP contribution is 2.37. The van der Waals surface area contributed by atoms with E-state index in [2.05, 4.69) is 5.32 Å². The van der Waals surface area contributed by atoms with Crippen molar-refractivity contribution in [3.8, 4) is 0 Å². The summed E-state index contributed by atoms with van der Waals surface area (Å²) in [5.74, 6) is 0. The Labute approximate surface area is 162 Å². The van der Waals surface area contributed by atoms with E-state index in [1.54, 1.807) is 30.3 Å². The molecule has 4 nitrogen and oxygen atoms in total. The maximum Gasteiger partial charge on any atom is 0.416 e. The minimum Gasteiger partial charge on any atom is -0.445 e.